The molecular formula is C27H47N5O5. The number of hydrogen-bond donors (Lipinski definition) is 4. The number of amides is 5. The molecule has 2 rings (SSSR count). The average molecular weight is 522 g/mol. The number of carbonyl (C=O) groups excluding carboxylic acids is 5. The van der Waals surface area contributed by atoms with Crippen LogP contribution in [0.4, 0.5) is 4.79 Å². The van der Waals surface area contributed by atoms with E-state index in [0.717, 1.165) is 19.3 Å². The lowest BCUT2D eigenvalue weighted by atomic mass is 9.80. The number of likely N-dealkylation sites (tertiary alicyclic amines) is 1. The number of carbonyl (C=O) groups is 5. The Balaban J connectivity index is 2.31. The minimum absolute atomic E-state index is 0.0932. The van der Waals surface area contributed by atoms with Crippen LogP contribution in [0.3, 0.4) is 0 Å². The highest BCUT2D eigenvalue weighted by atomic mass is 16.2. The highest BCUT2D eigenvalue weighted by molar-refractivity contribution is 6.37. The number of rotatable bonds is 9. The van der Waals surface area contributed by atoms with Gasteiger partial charge in [-0.3, -0.25) is 19.2 Å². The number of nitrogens with zero attached hydrogens (tertiary/aromatic N) is 1. The van der Waals surface area contributed by atoms with Crippen LogP contribution in [-0.4, -0.2) is 64.6 Å². The fraction of sp³-hybridized carbons (Fsp3) is 0.815. The Morgan fingerprint density at radius 1 is 0.946 bits per heavy atom. The average Bonchev–Trinajstić information content (AvgIpc) is 3.16. The van der Waals surface area contributed by atoms with Crippen LogP contribution in [0.15, 0.2) is 0 Å². The molecule has 4 atom stereocenters. The van der Waals surface area contributed by atoms with Crippen LogP contribution in [0, 0.1) is 23.2 Å². The third kappa shape index (κ3) is 8.17. The van der Waals surface area contributed by atoms with Crippen LogP contribution >= 0.6 is 0 Å². The Morgan fingerprint density at radius 2 is 1.54 bits per heavy atom. The zero-order chi connectivity index (χ0) is 28.3. The largest absolute Gasteiger partial charge is 0.363 e. The minimum Gasteiger partial charge on any atom is -0.363 e. The maximum Gasteiger partial charge on any atom is 0.315 e. The second-order valence-electron chi connectivity index (χ2n) is 13.1. The van der Waals surface area contributed by atoms with E-state index in [1.807, 2.05) is 55.4 Å². The summed E-state index contributed by atoms with van der Waals surface area (Å²) in [6.07, 6.45) is 3.91. The first-order chi connectivity index (χ1) is 16.9. The lowest BCUT2D eigenvalue weighted by Crippen LogP contribution is -2.62. The summed E-state index contributed by atoms with van der Waals surface area (Å²) in [6.45, 7) is 15.5. The normalized spacial score (nSPS) is 22.1. The van der Waals surface area contributed by atoms with Crippen molar-refractivity contribution in [1.82, 2.24) is 20.9 Å². The summed E-state index contributed by atoms with van der Waals surface area (Å²) in [7, 11) is 0. The molecule has 0 aromatic rings. The number of urea groups is 1. The summed E-state index contributed by atoms with van der Waals surface area (Å²) >= 11 is 0. The first-order valence-corrected chi connectivity index (χ1v) is 13.5. The Kier molecular flexibility index (Phi) is 9.76. The summed E-state index contributed by atoms with van der Waals surface area (Å²) in [5, 5.41) is 8.42. The molecule has 1 unspecified atom stereocenters. The Morgan fingerprint density at radius 3 is 1.97 bits per heavy atom. The SMILES string of the molecule is CC(C)[C@H]1CCN(C(=O)[C@@H](NC(=O)NC(C)(C)C)C(C)(C)C)[C@@H]1C(=O)NC(CC1CCC1)C(=O)C(N)=O. The van der Waals surface area contributed by atoms with Gasteiger partial charge in [0.1, 0.15) is 12.1 Å². The minimum atomic E-state index is -1.08. The predicted octanol–water partition coefficient (Wildman–Crippen LogP) is 2.10. The van der Waals surface area contributed by atoms with E-state index >= 15 is 0 Å². The molecule has 0 aromatic carbocycles. The monoisotopic (exact) mass is 521 g/mol. The fourth-order valence-corrected chi connectivity index (χ4v) is 5.14. The molecule has 2 aliphatic rings. The molecule has 10 nitrogen and oxygen atoms in total. The smallest absolute Gasteiger partial charge is 0.315 e. The van der Waals surface area contributed by atoms with Gasteiger partial charge in [0.05, 0.1) is 6.04 Å². The summed E-state index contributed by atoms with van der Waals surface area (Å²) in [5.41, 5.74) is 4.16. The summed E-state index contributed by atoms with van der Waals surface area (Å²) in [5.74, 6) is -2.49. The molecule has 1 saturated heterocycles. The van der Waals surface area contributed by atoms with Crippen molar-refractivity contribution in [2.45, 2.75) is 111 Å². The van der Waals surface area contributed by atoms with Crippen LogP contribution in [0.5, 0.6) is 0 Å². The van der Waals surface area contributed by atoms with Gasteiger partial charge in [-0.15, -0.1) is 0 Å². The van der Waals surface area contributed by atoms with Crippen molar-refractivity contribution in [2.75, 3.05) is 6.54 Å². The van der Waals surface area contributed by atoms with Crippen LogP contribution in [0.2, 0.25) is 0 Å². The number of primary amides is 1. The predicted molar refractivity (Wildman–Crippen MR) is 141 cm³/mol. The highest BCUT2D eigenvalue weighted by Gasteiger charge is 2.48. The van der Waals surface area contributed by atoms with Gasteiger partial charge < -0.3 is 26.6 Å². The zero-order valence-corrected chi connectivity index (χ0v) is 23.8. The van der Waals surface area contributed by atoms with Gasteiger partial charge in [0.15, 0.2) is 0 Å². The molecule has 0 bridgehead atoms. The maximum atomic E-state index is 13.9. The summed E-state index contributed by atoms with van der Waals surface area (Å²) in [4.78, 5) is 66.0. The van der Waals surface area contributed by atoms with Gasteiger partial charge in [-0.2, -0.15) is 0 Å². The van der Waals surface area contributed by atoms with Crippen molar-refractivity contribution >= 4 is 29.5 Å². The van der Waals surface area contributed by atoms with Crippen molar-refractivity contribution < 1.29 is 24.0 Å². The molecular weight excluding hydrogens is 474 g/mol. The zero-order valence-electron chi connectivity index (χ0n) is 23.8. The molecule has 1 heterocycles. The third-order valence-electron chi connectivity index (χ3n) is 7.40. The van der Waals surface area contributed by atoms with E-state index < -0.39 is 52.7 Å². The van der Waals surface area contributed by atoms with E-state index in [1.165, 1.54) is 4.90 Å². The van der Waals surface area contributed by atoms with Crippen molar-refractivity contribution in [1.29, 1.82) is 0 Å². The molecule has 0 spiro atoms. The summed E-state index contributed by atoms with van der Waals surface area (Å²) < 4.78 is 0. The molecule has 5 N–H and O–H groups in total. The topological polar surface area (TPSA) is 151 Å². The quantitative estimate of drug-likeness (QED) is 0.343. The Labute approximate surface area is 221 Å². The van der Waals surface area contributed by atoms with Gasteiger partial charge >= 0.3 is 6.03 Å². The van der Waals surface area contributed by atoms with Crippen LogP contribution < -0.4 is 21.7 Å². The lowest BCUT2D eigenvalue weighted by molar-refractivity contribution is -0.144. The molecule has 210 valence electrons. The molecule has 37 heavy (non-hydrogen) atoms. The second-order valence-corrected chi connectivity index (χ2v) is 13.1. The number of ketones is 1. The van der Waals surface area contributed by atoms with E-state index in [9.17, 15) is 24.0 Å². The first-order valence-electron chi connectivity index (χ1n) is 13.5. The van der Waals surface area contributed by atoms with Gasteiger partial charge in [0, 0.05) is 12.1 Å². The molecule has 1 aliphatic carbocycles. The molecule has 0 radical (unpaired) electrons. The third-order valence-corrected chi connectivity index (χ3v) is 7.40. The van der Waals surface area contributed by atoms with E-state index in [2.05, 4.69) is 16.0 Å². The van der Waals surface area contributed by atoms with E-state index in [4.69, 9.17) is 5.73 Å². The van der Waals surface area contributed by atoms with Crippen molar-refractivity contribution in [3.63, 3.8) is 0 Å². The van der Waals surface area contributed by atoms with Gasteiger partial charge in [0.25, 0.3) is 5.91 Å². The van der Waals surface area contributed by atoms with Gasteiger partial charge in [-0.25, -0.2) is 4.79 Å². The van der Waals surface area contributed by atoms with Crippen LogP contribution in [0.25, 0.3) is 0 Å². The second kappa shape index (κ2) is 11.8. The number of Topliss-reactive ketones (excluding diaryl/α,β-unsaturated/α-hetero) is 1. The molecule has 5 amide bonds. The molecule has 1 aliphatic heterocycles. The standard InChI is InChI=1S/C27H47N5O5/c1-15(2)17-12-13-32(24(36)21(26(3,4)5)30-25(37)31-27(6,7)8)19(17)23(35)29-18(20(33)22(28)34)14-16-10-9-11-16/h15-19,21H,9-14H2,1-8H3,(H2,28,34)(H,29,35)(H2,30,31,37)/t17-,18?,19+,21-/m1/s1. The van der Waals surface area contributed by atoms with Crippen LogP contribution in [-0.2, 0) is 19.2 Å². The molecule has 0 aromatic heterocycles. The number of nitrogens with one attached hydrogen (secondary N) is 3. The van der Waals surface area contributed by atoms with Crippen molar-refractivity contribution in [3.8, 4) is 0 Å². The van der Waals surface area contributed by atoms with Gasteiger partial charge in [-0.1, -0.05) is 53.9 Å². The van der Waals surface area contributed by atoms with E-state index in [0.29, 0.717) is 19.4 Å². The molecule has 1 saturated carbocycles. The Bertz CT molecular complexity index is 885. The van der Waals surface area contributed by atoms with Gasteiger partial charge in [-0.05, 0) is 56.8 Å². The van der Waals surface area contributed by atoms with Gasteiger partial charge in [0.2, 0.25) is 17.6 Å². The molecule has 2 fully saturated rings. The summed E-state index contributed by atoms with van der Waals surface area (Å²) in [6, 6.07) is -3.17. The highest BCUT2D eigenvalue weighted by Crippen LogP contribution is 2.34. The fourth-order valence-electron chi connectivity index (χ4n) is 5.14. The maximum absolute atomic E-state index is 13.9. The first kappa shape index (κ1) is 30.6. The Hall–Kier alpha value is -2.65. The number of nitrogens with two attached hydrogens (primary N) is 1. The van der Waals surface area contributed by atoms with Crippen molar-refractivity contribution in [2.24, 2.45) is 28.9 Å². The van der Waals surface area contributed by atoms with E-state index in [1.54, 1.807) is 0 Å². The lowest BCUT2D eigenvalue weighted by Gasteiger charge is -2.37. The van der Waals surface area contributed by atoms with E-state index in [-0.39, 0.29) is 23.7 Å². The number of hydrogen-bond acceptors (Lipinski definition) is 5. The van der Waals surface area contributed by atoms with Crippen LogP contribution in [0.1, 0.15) is 87.5 Å². The molecule has 10 heteroatoms. The van der Waals surface area contributed by atoms with Crippen molar-refractivity contribution in [3.05, 3.63) is 0 Å².